The van der Waals surface area contributed by atoms with Gasteiger partial charge in [-0.1, -0.05) is 0 Å². The van der Waals surface area contributed by atoms with E-state index in [1.807, 2.05) is 6.20 Å². The first-order chi connectivity index (χ1) is 8.72. The van der Waals surface area contributed by atoms with E-state index in [2.05, 4.69) is 44.8 Å². The van der Waals surface area contributed by atoms with Crippen LogP contribution in [0.1, 0.15) is 17.0 Å². The van der Waals surface area contributed by atoms with Crippen LogP contribution in [-0.4, -0.2) is 26.0 Å². The summed E-state index contributed by atoms with van der Waals surface area (Å²) in [5, 5.41) is 0. The number of aromatic amines is 1. The van der Waals surface area contributed by atoms with Gasteiger partial charge < -0.3 is 9.55 Å². The molecule has 4 nitrogen and oxygen atoms in total. The van der Waals surface area contributed by atoms with Crippen molar-refractivity contribution < 1.29 is 0 Å². The molecule has 0 atom stereocenters. The normalized spacial score (nSPS) is 15.6. The molecule has 1 N–H and O–H groups in total. The number of H-pyrrole nitrogens is 1. The van der Waals surface area contributed by atoms with Gasteiger partial charge >= 0.3 is 0 Å². The minimum atomic E-state index is 0.588. The molecule has 5 heteroatoms. The van der Waals surface area contributed by atoms with Gasteiger partial charge in [-0.3, -0.25) is 4.90 Å². The van der Waals surface area contributed by atoms with Gasteiger partial charge in [0, 0.05) is 62.4 Å². The average molecular weight is 260 g/mol. The van der Waals surface area contributed by atoms with Gasteiger partial charge in [0.05, 0.1) is 0 Å². The van der Waals surface area contributed by atoms with E-state index in [1.54, 1.807) is 0 Å². The fourth-order valence-electron chi connectivity index (χ4n) is 2.43. The van der Waals surface area contributed by atoms with Crippen LogP contribution in [0.4, 0.5) is 0 Å². The predicted octanol–water partition coefficient (Wildman–Crippen LogP) is 2.04. The Morgan fingerprint density at radius 2 is 2.39 bits per heavy atom. The first kappa shape index (κ1) is 11.6. The number of aryl methyl sites for hydroxylation is 1. The van der Waals surface area contributed by atoms with Crippen molar-refractivity contribution in [2.75, 3.05) is 6.54 Å². The van der Waals surface area contributed by atoms with E-state index in [0.29, 0.717) is 4.77 Å². The first-order valence-corrected chi connectivity index (χ1v) is 6.53. The van der Waals surface area contributed by atoms with Gasteiger partial charge in [0.1, 0.15) is 0 Å². The van der Waals surface area contributed by atoms with E-state index in [0.717, 1.165) is 26.1 Å². The molecule has 3 rings (SSSR count). The van der Waals surface area contributed by atoms with Crippen molar-refractivity contribution in [1.29, 1.82) is 0 Å². The summed E-state index contributed by atoms with van der Waals surface area (Å²) in [6, 6.07) is 4.26. The van der Waals surface area contributed by atoms with Crippen molar-refractivity contribution in [3.63, 3.8) is 0 Å². The molecule has 1 aliphatic rings. The zero-order chi connectivity index (χ0) is 12.5. The van der Waals surface area contributed by atoms with Crippen molar-refractivity contribution in [2.45, 2.75) is 19.5 Å². The second kappa shape index (κ2) is 4.66. The number of aromatic nitrogens is 3. The lowest BCUT2D eigenvalue weighted by Gasteiger charge is -2.28. The fourth-order valence-corrected chi connectivity index (χ4v) is 2.61. The Hall–Kier alpha value is -1.46. The Labute approximate surface area is 111 Å². The Bertz CT molecular complexity index is 613. The molecule has 94 valence electrons. The molecule has 0 fully saturated rings. The summed E-state index contributed by atoms with van der Waals surface area (Å²) < 4.78 is 2.76. The highest BCUT2D eigenvalue weighted by atomic mass is 32.1. The maximum absolute atomic E-state index is 5.05. The van der Waals surface area contributed by atoms with E-state index in [-0.39, 0.29) is 0 Å². The lowest BCUT2D eigenvalue weighted by Crippen LogP contribution is -2.31. The third-order valence-electron chi connectivity index (χ3n) is 3.49. The topological polar surface area (TPSA) is 36.9 Å². The lowest BCUT2D eigenvalue weighted by atomic mass is 10.1. The molecule has 0 amide bonds. The van der Waals surface area contributed by atoms with Gasteiger partial charge in [0.25, 0.3) is 0 Å². The fraction of sp³-hybridized carbons (Fsp3) is 0.385. The summed E-state index contributed by atoms with van der Waals surface area (Å²) in [7, 11) is 2.09. The van der Waals surface area contributed by atoms with E-state index in [9.17, 15) is 0 Å². The highest BCUT2D eigenvalue weighted by molar-refractivity contribution is 7.71. The Kier molecular flexibility index (Phi) is 3.01. The zero-order valence-electron chi connectivity index (χ0n) is 10.4. The quantitative estimate of drug-likeness (QED) is 0.840. The van der Waals surface area contributed by atoms with E-state index in [1.165, 1.54) is 17.0 Å². The van der Waals surface area contributed by atoms with Crippen molar-refractivity contribution in [1.82, 2.24) is 19.4 Å². The van der Waals surface area contributed by atoms with Crippen LogP contribution in [0.25, 0.3) is 0 Å². The maximum Gasteiger partial charge on any atom is 0.196 e. The smallest absolute Gasteiger partial charge is 0.196 e. The van der Waals surface area contributed by atoms with Gasteiger partial charge in [-0.05, 0) is 24.4 Å². The lowest BCUT2D eigenvalue weighted by molar-refractivity contribution is 0.237. The van der Waals surface area contributed by atoms with Gasteiger partial charge in [-0.25, -0.2) is 4.98 Å². The zero-order valence-corrected chi connectivity index (χ0v) is 11.2. The Morgan fingerprint density at radius 1 is 1.50 bits per heavy atom. The van der Waals surface area contributed by atoms with Gasteiger partial charge in [-0.15, -0.1) is 0 Å². The van der Waals surface area contributed by atoms with Crippen molar-refractivity contribution in [3.8, 4) is 0 Å². The van der Waals surface area contributed by atoms with Crippen molar-refractivity contribution in [2.24, 2.45) is 7.05 Å². The van der Waals surface area contributed by atoms with Crippen LogP contribution in [0.15, 0.2) is 24.5 Å². The summed E-state index contributed by atoms with van der Waals surface area (Å²) in [6.07, 6.45) is 5.02. The van der Waals surface area contributed by atoms with Crippen LogP contribution in [0.2, 0.25) is 0 Å². The third kappa shape index (κ3) is 2.23. The molecule has 0 bridgehead atoms. The number of hydrogen-bond acceptors (Lipinski definition) is 3. The molecule has 0 spiro atoms. The summed E-state index contributed by atoms with van der Waals surface area (Å²) in [5.74, 6) is 0. The molecular weight excluding hydrogens is 244 g/mol. The van der Waals surface area contributed by atoms with Crippen LogP contribution < -0.4 is 0 Å². The molecule has 2 aromatic rings. The summed E-state index contributed by atoms with van der Waals surface area (Å²) in [5.41, 5.74) is 3.86. The molecule has 1 aliphatic heterocycles. The maximum atomic E-state index is 5.05. The van der Waals surface area contributed by atoms with Crippen LogP contribution in [0.3, 0.4) is 0 Å². The molecule has 2 aromatic heterocycles. The second-order valence-corrected chi connectivity index (χ2v) is 5.15. The van der Waals surface area contributed by atoms with Crippen LogP contribution in [0.5, 0.6) is 0 Å². The van der Waals surface area contributed by atoms with Crippen LogP contribution in [-0.2, 0) is 26.6 Å². The number of rotatable bonds is 2. The average Bonchev–Trinajstić information content (AvgIpc) is 2.75. The van der Waals surface area contributed by atoms with Crippen LogP contribution >= 0.6 is 12.2 Å². The molecule has 3 heterocycles. The summed E-state index contributed by atoms with van der Waals surface area (Å²) in [6.45, 7) is 2.99. The molecule has 0 saturated carbocycles. The molecule has 0 unspecified atom stereocenters. The minimum Gasteiger partial charge on any atom is -0.353 e. The predicted molar refractivity (Wildman–Crippen MR) is 72.7 cm³/mol. The molecule has 0 aliphatic carbocycles. The number of nitrogens with zero attached hydrogens (tertiary/aromatic N) is 3. The summed E-state index contributed by atoms with van der Waals surface area (Å²) >= 11 is 5.05. The molecule has 0 saturated heterocycles. The number of hydrogen-bond donors (Lipinski definition) is 1. The monoisotopic (exact) mass is 260 g/mol. The SMILES string of the molecule is Cn1cccc1CN1CCc2[nH]c(=S)ncc2C1. The number of nitrogens with one attached hydrogen (secondary N) is 1. The van der Waals surface area contributed by atoms with Gasteiger partial charge in [-0.2, -0.15) is 0 Å². The van der Waals surface area contributed by atoms with E-state index in [4.69, 9.17) is 12.2 Å². The largest absolute Gasteiger partial charge is 0.353 e. The number of fused-ring (bicyclic) bond motifs is 1. The molecular formula is C13H16N4S. The molecule has 0 aromatic carbocycles. The second-order valence-electron chi connectivity index (χ2n) is 4.76. The van der Waals surface area contributed by atoms with Crippen molar-refractivity contribution in [3.05, 3.63) is 46.2 Å². The van der Waals surface area contributed by atoms with Crippen LogP contribution in [0, 0.1) is 4.77 Å². The van der Waals surface area contributed by atoms with Gasteiger partial charge in [0.2, 0.25) is 0 Å². The highest BCUT2D eigenvalue weighted by Gasteiger charge is 2.17. The Morgan fingerprint density at radius 3 is 3.17 bits per heavy atom. The summed E-state index contributed by atoms with van der Waals surface area (Å²) in [4.78, 5) is 9.80. The Balaban J connectivity index is 1.77. The van der Waals surface area contributed by atoms with Crippen molar-refractivity contribution >= 4 is 12.2 Å². The van der Waals surface area contributed by atoms with E-state index >= 15 is 0 Å². The molecule has 0 radical (unpaired) electrons. The highest BCUT2D eigenvalue weighted by Crippen LogP contribution is 2.17. The van der Waals surface area contributed by atoms with Gasteiger partial charge in [0.15, 0.2) is 4.77 Å². The third-order valence-corrected chi connectivity index (χ3v) is 3.70. The van der Waals surface area contributed by atoms with E-state index < -0.39 is 0 Å². The minimum absolute atomic E-state index is 0.588. The molecule has 18 heavy (non-hydrogen) atoms. The first-order valence-electron chi connectivity index (χ1n) is 6.12. The standard InChI is InChI=1S/C13H16N4S/c1-16-5-2-3-11(16)9-17-6-4-12-10(8-17)7-14-13(18)15-12/h2-3,5,7H,4,6,8-9H2,1H3,(H,14,15,18).